The average Bonchev–Trinajstić information content (AvgIpc) is 2.78. The number of halogens is 1. The van der Waals surface area contributed by atoms with Crippen molar-refractivity contribution >= 4 is 17.5 Å². The summed E-state index contributed by atoms with van der Waals surface area (Å²) < 4.78 is 0. The van der Waals surface area contributed by atoms with E-state index in [1.165, 1.54) is 0 Å². The zero-order chi connectivity index (χ0) is 13.0. The summed E-state index contributed by atoms with van der Waals surface area (Å²) in [6.45, 7) is 2.19. The van der Waals surface area contributed by atoms with Crippen LogP contribution in [0.5, 0.6) is 0 Å². The van der Waals surface area contributed by atoms with Gasteiger partial charge in [-0.1, -0.05) is 18.2 Å². The van der Waals surface area contributed by atoms with Crippen LogP contribution in [0.3, 0.4) is 0 Å². The van der Waals surface area contributed by atoms with Gasteiger partial charge in [0.25, 0.3) is 0 Å². The maximum Gasteiger partial charge on any atom is 0.235 e. The lowest BCUT2D eigenvalue weighted by molar-refractivity contribution is -0.118. The lowest BCUT2D eigenvalue weighted by atomic mass is 10.3. The number of para-hydroxylation sites is 1. The third-order valence-corrected chi connectivity index (χ3v) is 2.68. The van der Waals surface area contributed by atoms with Gasteiger partial charge in [0.05, 0.1) is 17.9 Å². The first-order chi connectivity index (χ1) is 8.70. The molecule has 1 N–H and O–H groups in total. The number of carbonyl (C=O) groups is 1. The molecule has 0 aliphatic heterocycles. The van der Waals surface area contributed by atoms with Crippen LogP contribution in [0.15, 0.2) is 30.3 Å². The minimum absolute atomic E-state index is 0.0497. The number of amides is 1. The first-order valence-corrected chi connectivity index (χ1v) is 6.05. The number of alkyl halides is 1. The summed E-state index contributed by atoms with van der Waals surface area (Å²) >= 11 is 5.41. The third kappa shape index (κ3) is 2.87. The summed E-state index contributed by atoms with van der Waals surface area (Å²) in [5.41, 5.74) is 2.40. The first-order valence-electron chi connectivity index (χ1n) is 5.51. The van der Waals surface area contributed by atoms with Crippen LogP contribution in [0, 0.1) is 6.92 Å². The maximum atomic E-state index is 11.1. The number of nitrogens with one attached hydrogen (secondary N) is 1. The second kappa shape index (κ2) is 5.64. The molecule has 0 aliphatic rings. The van der Waals surface area contributed by atoms with Crippen molar-refractivity contribution < 1.29 is 4.79 Å². The number of nitrogens with zero attached hydrogens (tertiary/aromatic N) is 3. The molecule has 6 heteroatoms. The van der Waals surface area contributed by atoms with E-state index in [0.29, 0.717) is 6.54 Å². The topological polar surface area (TPSA) is 59.8 Å². The quantitative estimate of drug-likeness (QED) is 0.850. The number of rotatable bonds is 4. The highest BCUT2D eigenvalue weighted by atomic mass is 35.5. The van der Waals surface area contributed by atoms with Crippen LogP contribution in [0.25, 0.3) is 5.69 Å². The van der Waals surface area contributed by atoms with Crippen LogP contribution in [0.4, 0.5) is 0 Å². The molecule has 1 aromatic heterocycles. The van der Waals surface area contributed by atoms with Gasteiger partial charge in [-0.25, -0.2) is 0 Å². The van der Waals surface area contributed by atoms with Gasteiger partial charge in [-0.15, -0.1) is 11.6 Å². The predicted octanol–water partition coefficient (Wildman–Crippen LogP) is 1.43. The van der Waals surface area contributed by atoms with Crippen LogP contribution in [-0.4, -0.2) is 26.8 Å². The third-order valence-electron chi connectivity index (χ3n) is 2.44. The molecule has 1 heterocycles. The number of hydrogen-bond acceptors (Lipinski definition) is 3. The van der Waals surface area contributed by atoms with Crippen molar-refractivity contribution in [3.8, 4) is 5.69 Å². The number of carbonyl (C=O) groups excluding carboxylic acids is 1. The van der Waals surface area contributed by atoms with Gasteiger partial charge < -0.3 is 5.32 Å². The van der Waals surface area contributed by atoms with Crippen LogP contribution >= 0.6 is 11.6 Å². The minimum Gasteiger partial charge on any atom is -0.349 e. The molecule has 0 radical (unpaired) electrons. The fraction of sp³-hybridized carbons (Fsp3) is 0.250. The highest BCUT2D eigenvalue weighted by Crippen LogP contribution is 2.07. The Balaban J connectivity index is 2.15. The van der Waals surface area contributed by atoms with Crippen molar-refractivity contribution in [2.45, 2.75) is 13.5 Å². The van der Waals surface area contributed by atoms with E-state index in [2.05, 4.69) is 15.5 Å². The second-order valence-corrected chi connectivity index (χ2v) is 4.03. The Labute approximate surface area is 110 Å². The number of aryl methyl sites for hydroxylation is 1. The van der Waals surface area contributed by atoms with Crippen LogP contribution < -0.4 is 5.32 Å². The van der Waals surface area contributed by atoms with Crippen LogP contribution in [-0.2, 0) is 11.3 Å². The first kappa shape index (κ1) is 12.6. The van der Waals surface area contributed by atoms with E-state index >= 15 is 0 Å². The fourth-order valence-corrected chi connectivity index (χ4v) is 1.57. The SMILES string of the molecule is Cc1nn(-c2ccccc2)nc1CNC(=O)CCl. The maximum absolute atomic E-state index is 11.1. The van der Waals surface area contributed by atoms with Gasteiger partial charge >= 0.3 is 0 Å². The lowest BCUT2D eigenvalue weighted by Crippen LogP contribution is -2.24. The van der Waals surface area contributed by atoms with Gasteiger partial charge in [-0.2, -0.15) is 15.0 Å². The fourth-order valence-electron chi connectivity index (χ4n) is 1.48. The highest BCUT2D eigenvalue weighted by Gasteiger charge is 2.09. The highest BCUT2D eigenvalue weighted by molar-refractivity contribution is 6.27. The molecular formula is C12H13ClN4O. The Bertz CT molecular complexity index is 538. The summed E-state index contributed by atoms with van der Waals surface area (Å²) in [7, 11) is 0. The summed E-state index contributed by atoms with van der Waals surface area (Å²) in [5, 5.41) is 11.3. The van der Waals surface area contributed by atoms with Gasteiger partial charge in [0.15, 0.2) is 0 Å². The molecule has 0 saturated carbocycles. The van der Waals surface area contributed by atoms with E-state index in [1.54, 1.807) is 4.80 Å². The molecule has 0 unspecified atom stereocenters. The molecule has 0 spiro atoms. The smallest absolute Gasteiger partial charge is 0.235 e. The summed E-state index contributed by atoms with van der Waals surface area (Å²) in [6.07, 6.45) is 0. The van der Waals surface area contributed by atoms with Crippen molar-refractivity contribution in [2.24, 2.45) is 0 Å². The molecule has 1 aromatic carbocycles. The van der Waals surface area contributed by atoms with E-state index in [-0.39, 0.29) is 11.8 Å². The molecule has 0 atom stereocenters. The molecular weight excluding hydrogens is 252 g/mol. The van der Waals surface area contributed by atoms with Crippen molar-refractivity contribution in [1.82, 2.24) is 20.3 Å². The Hall–Kier alpha value is -1.88. The Morgan fingerprint density at radius 1 is 1.33 bits per heavy atom. The lowest BCUT2D eigenvalue weighted by Gasteiger charge is -1.99. The van der Waals surface area contributed by atoms with E-state index in [1.807, 2.05) is 37.3 Å². The Morgan fingerprint density at radius 2 is 2.06 bits per heavy atom. The molecule has 5 nitrogen and oxygen atoms in total. The van der Waals surface area contributed by atoms with E-state index < -0.39 is 0 Å². The molecule has 0 aliphatic carbocycles. The van der Waals surface area contributed by atoms with Gasteiger partial charge in [-0.05, 0) is 19.1 Å². The number of hydrogen-bond donors (Lipinski definition) is 1. The van der Waals surface area contributed by atoms with Crippen LogP contribution in [0.1, 0.15) is 11.4 Å². The van der Waals surface area contributed by atoms with E-state index in [9.17, 15) is 4.79 Å². The van der Waals surface area contributed by atoms with Gasteiger partial charge in [0.1, 0.15) is 11.6 Å². The zero-order valence-electron chi connectivity index (χ0n) is 9.93. The second-order valence-electron chi connectivity index (χ2n) is 3.77. The molecule has 0 saturated heterocycles. The normalized spacial score (nSPS) is 10.3. The zero-order valence-corrected chi connectivity index (χ0v) is 10.7. The Kier molecular flexibility index (Phi) is 3.94. The molecule has 0 fully saturated rings. The Morgan fingerprint density at radius 3 is 2.72 bits per heavy atom. The van der Waals surface area contributed by atoms with Crippen molar-refractivity contribution in [3.63, 3.8) is 0 Å². The van der Waals surface area contributed by atoms with E-state index in [4.69, 9.17) is 11.6 Å². The van der Waals surface area contributed by atoms with E-state index in [0.717, 1.165) is 17.1 Å². The summed E-state index contributed by atoms with van der Waals surface area (Å²) in [4.78, 5) is 12.6. The van der Waals surface area contributed by atoms with Crippen molar-refractivity contribution in [2.75, 3.05) is 5.88 Å². The molecule has 2 rings (SSSR count). The monoisotopic (exact) mass is 264 g/mol. The van der Waals surface area contributed by atoms with Crippen LogP contribution in [0.2, 0.25) is 0 Å². The average molecular weight is 265 g/mol. The summed E-state index contributed by atoms with van der Waals surface area (Å²) in [5.74, 6) is -0.267. The molecule has 2 aromatic rings. The number of aromatic nitrogens is 3. The standard InChI is InChI=1S/C12H13ClN4O/c1-9-11(8-14-12(18)7-13)16-17(15-9)10-5-3-2-4-6-10/h2-6H,7-8H2,1H3,(H,14,18). The largest absolute Gasteiger partial charge is 0.349 e. The van der Waals surface area contributed by atoms with Crippen molar-refractivity contribution in [1.29, 1.82) is 0 Å². The van der Waals surface area contributed by atoms with Crippen molar-refractivity contribution in [3.05, 3.63) is 41.7 Å². The molecule has 94 valence electrons. The predicted molar refractivity (Wildman–Crippen MR) is 68.7 cm³/mol. The molecule has 0 bridgehead atoms. The van der Waals surface area contributed by atoms with Gasteiger partial charge in [-0.3, -0.25) is 4.79 Å². The molecule has 1 amide bonds. The van der Waals surface area contributed by atoms with Gasteiger partial charge in [0.2, 0.25) is 5.91 Å². The minimum atomic E-state index is -0.217. The summed E-state index contributed by atoms with van der Waals surface area (Å²) in [6, 6.07) is 9.61. The molecule has 18 heavy (non-hydrogen) atoms. The van der Waals surface area contributed by atoms with Gasteiger partial charge in [0, 0.05) is 0 Å². The number of benzene rings is 1.